The molecule has 0 atom stereocenters. The van der Waals surface area contributed by atoms with Gasteiger partial charge in [0.1, 0.15) is 18.0 Å². The first-order chi connectivity index (χ1) is 66.2. The lowest BCUT2D eigenvalue weighted by Gasteiger charge is -2.04. The molecule has 22 aromatic rings. The van der Waals surface area contributed by atoms with Gasteiger partial charge in [-0.25, -0.2) is 19.9 Å². The second-order valence-corrected chi connectivity index (χ2v) is 37.9. The molecule has 708 valence electrons. The van der Waals surface area contributed by atoms with Crippen LogP contribution in [0, 0.1) is 111 Å². The molecule has 0 radical (unpaired) electrons. The number of hydrazine groups is 4. The van der Waals surface area contributed by atoms with Gasteiger partial charge in [-0.2, -0.15) is 0 Å². The van der Waals surface area contributed by atoms with E-state index in [4.69, 9.17) is 0 Å². The second-order valence-electron chi connectivity index (χ2n) is 35.4. The molecular weight excluding hydrogens is 1730 g/mol. The Bertz CT molecular complexity index is 6900. The quantitative estimate of drug-likeness (QED) is 0.115. The van der Waals surface area contributed by atoms with Crippen LogP contribution in [0.15, 0.2) is 334 Å². The fourth-order valence-corrected chi connectivity index (χ4v) is 18.5. The molecule has 17 nitrogen and oxygen atoms in total. The fourth-order valence-electron chi connectivity index (χ4n) is 16.4. The van der Waals surface area contributed by atoms with Gasteiger partial charge in [-0.1, -0.05) is 199 Å². The Morgan fingerprint density at radius 3 is 1.04 bits per heavy atom. The van der Waals surface area contributed by atoms with Gasteiger partial charge in [0.25, 0.3) is 0 Å². The van der Waals surface area contributed by atoms with E-state index in [9.17, 15) is 0 Å². The van der Waals surface area contributed by atoms with Crippen molar-refractivity contribution in [2.75, 3.05) is 14.1 Å². The summed E-state index contributed by atoms with van der Waals surface area (Å²) in [5.41, 5.74) is 41.5. The predicted octanol–water partition coefficient (Wildman–Crippen LogP) is 28.9. The number of benzene rings is 12. The summed E-state index contributed by atoms with van der Waals surface area (Å²) in [7, 11) is 16.3. The Kier molecular flexibility index (Phi) is 35.7. The van der Waals surface area contributed by atoms with Crippen molar-refractivity contribution in [2.24, 2.45) is 42.3 Å². The lowest BCUT2D eigenvalue weighted by Crippen LogP contribution is -2.32. The third-order valence-electron chi connectivity index (χ3n) is 24.8. The van der Waals surface area contributed by atoms with Crippen LogP contribution in [0.2, 0.25) is 0 Å². The van der Waals surface area contributed by atoms with E-state index in [1.165, 1.54) is 162 Å². The summed E-state index contributed by atoms with van der Waals surface area (Å²) >= 11 is 3.76. The van der Waals surface area contributed by atoms with Crippen molar-refractivity contribution in [2.45, 2.75) is 125 Å². The smallest absolute Gasteiger partial charge is 0.116 e. The molecule has 24 rings (SSSR count). The summed E-state index contributed by atoms with van der Waals surface area (Å²) < 4.78 is 15.7. The number of nitrogens with zero attached hydrogens (tertiary/aromatic N) is 13. The van der Waals surface area contributed by atoms with E-state index < -0.39 is 0 Å². The number of imidazole rings is 2. The third kappa shape index (κ3) is 26.7. The van der Waals surface area contributed by atoms with Crippen LogP contribution in [0.25, 0.3) is 118 Å². The van der Waals surface area contributed by atoms with Gasteiger partial charge in [-0.05, 0) is 293 Å². The summed E-state index contributed by atoms with van der Waals surface area (Å²) in [6, 6.07) is 99.2. The minimum absolute atomic E-state index is 1.02. The minimum Gasteiger partial charge on any atom is -0.350 e. The maximum Gasteiger partial charge on any atom is 0.116 e. The Hall–Kier alpha value is -14.7. The van der Waals surface area contributed by atoms with E-state index in [2.05, 4.69) is 441 Å². The largest absolute Gasteiger partial charge is 0.350 e. The van der Waals surface area contributed by atoms with Gasteiger partial charge >= 0.3 is 0 Å². The Labute approximate surface area is 823 Å². The Balaban J connectivity index is 0.000000134. The van der Waals surface area contributed by atoms with Crippen LogP contribution in [0.3, 0.4) is 0 Å². The highest BCUT2D eigenvalue weighted by molar-refractivity contribution is 7.19. The summed E-state index contributed by atoms with van der Waals surface area (Å²) in [6.45, 7) is 37.9. The van der Waals surface area contributed by atoms with Crippen molar-refractivity contribution >= 4 is 141 Å². The summed E-state index contributed by atoms with van der Waals surface area (Å²) in [4.78, 5) is 24.2. The number of nitrogens with one attached hydrogen (secondary N) is 4. The summed E-state index contributed by atoms with van der Waals surface area (Å²) in [5.74, 6) is 2.12. The maximum absolute atomic E-state index is 4.38. The van der Waals surface area contributed by atoms with Gasteiger partial charge in [0.05, 0.1) is 33.1 Å². The highest BCUT2D eigenvalue weighted by Gasteiger charge is 2.10. The number of fused-ring (bicyclic) bond motifs is 11. The van der Waals surface area contributed by atoms with Crippen molar-refractivity contribution in [1.82, 2.24) is 84.3 Å². The van der Waals surface area contributed by atoms with Crippen LogP contribution >= 0.6 is 22.7 Å². The van der Waals surface area contributed by atoms with Crippen LogP contribution < -0.4 is 21.9 Å². The summed E-state index contributed by atoms with van der Waals surface area (Å²) in [5, 5.41) is 17.0. The Morgan fingerprint density at radius 1 is 0.268 bits per heavy atom. The fraction of sp³-hybridized carbons (Fsp3) is 0.218. The van der Waals surface area contributed by atoms with Crippen LogP contribution in [-0.2, 0) is 42.3 Å². The molecule has 0 aliphatic carbocycles. The van der Waals surface area contributed by atoms with Crippen LogP contribution in [0.4, 0.5) is 0 Å². The number of para-hydroxylation sites is 8. The predicted molar refractivity (Wildman–Crippen MR) is 593 cm³/mol. The van der Waals surface area contributed by atoms with E-state index in [0.29, 0.717) is 0 Å². The van der Waals surface area contributed by atoms with E-state index in [-0.39, 0.29) is 0 Å². The number of aromatic nitrogens is 11. The molecule has 12 heterocycles. The van der Waals surface area contributed by atoms with Crippen LogP contribution in [-0.4, -0.2) is 76.4 Å². The van der Waals surface area contributed by atoms with E-state index >= 15 is 0 Å². The molecular formula is C119H135N17S2. The van der Waals surface area contributed by atoms with Crippen molar-refractivity contribution in [1.29, 1.82) is 0 Å². The van der Waals surface area contributed by atoms with Crippen LogP contribution in [0.5, 0.6) is 0 Å². The average Bonchev–Trinajstić information content (AvgIpc) is 1.72. The third-order valence-corrected chi connectivity index (χ3v) is 27.1. The average molecular weight is 1870 g/mol. The lowest BCUT2D eigenvalue weighted by molar-refractivity contribution is 0.327. The van der Waals surface area contributed by atoms with Crippen molar-refractivity contribution in [3.05, 3.63) is 422 Å². The number of allylic oxidation sites excluding steroid dienone is 2. The molecule has 12 aromatic carbocycles. The maximum atomic E-state index is 4.38. The molecule has 10 aromatic heterocycles. The molecule has 2 aliphatic heterocycles. The first kappa shape index (κ1) is 102. The number of hydrogen-bond acceptors (Lipinski definition) is 13. The molecule has 0 unspecified atom stereocenters. The molecule has 0 bridgehead atoms. The molecule has 0 spiro atoms. The molecule has 19 heteroatoms. The van der Waals surface area contributed by atoms with Gasteiger partial charge in [0.2, 0.25) is 0 Å². The van der Waals surface area contributed by atoms with Gasteiger partial charge in [0.15, 0.2) is 0 Å². The molecule has 0 amide bonds. The van der Waals surface area contributed by atoms with Crippen LogP contribution in [0.1, 0.15) is 102 Å². The molecule has 0 saturated carbocycles. The minimum atomic E-state index is 1.02. The first-order valence-corrected chi connectivity index (χ1v) is 48.3. The second kappa shape index (κ2) is 48.1. The van der Waals surface area contributed by atoms with E-state index in [1.54, 1.807) is 6.33 Å². The van der Waals surface area contributed by atoms with Crippen molar-refractivity contribution in [3.63, 3.8) is 0 Å². The van der Waals surface area contributed by atoms with Gasteiger partial charge in [-0.15, -0.1) is 33.7 Å². The van der Waals surface area contributed by atoms with Gasteiger partial charge in [0, 0.05) is 179 Å². The zero-order valence-electron chi connectivity index (χ0n) is 85.2. The van der Waals surface area contributed by atoms with E-state index in [0.717, 1.165) is 56.2 Å². The molecule has 2 aliphatic rings. The SMILES string of the molecule is CC1=CN(C)NN1.CC1=CN(C)NN1.Cc1cc2ccccc2n1C.Cc1cc2ccccc2n1C.Cc1ccc2cccc(C)c2c1.Cc1ccc2nccc(C)c2c1.Cc1ccc2ncnc(C)c2c1.Cc1cn(C)c2ccccc12.Cc1cn(C)c2ccccc12.Cc1nc2ccccc2n1C.Cc1nc2ccccc2n1C.Cc1sc2ccccc2c1C.Cc1sc2ccccc2c1C. The van der Waals surface area contributed by atoms with Gasteiger partial charge in [-0.3, -0.25) is 15.0 Å². The summed E-state index contributed by atoms with van der Waals surface area (Å²) in [6.07, 6.45) is 11.7. The highest BCUT2D eigenvalue weighted by atomic mass is 32.1. The zero-order valence-corrected chi connectivity index (χ0v) is 86.9. The highest BCUT2D eigenvalue weighted by Crippen LogP contribution is 2.32. The number of rotatable bonds is 0. The van der Waals surface area contributed by atoms with Crippen molar-refractivity contribution in [3.8, 4) is 0 Å². The Morgan fingerprint density at radius 2 is 0.638 bits per heavy atom. The first-order valence-electron chi connectivity index (χ1n) is 46.7. The lowest BCUT2D eigenvalue weighted by atomic mass is 10.0. The number of hydrogen-bond donors (Lipinski definition) is 4. The molecule has 0 fully saturated rings. The molecule has 138 heavy (non-hydrogen) atoms. The monoisotopic (exact) mass is 1870 g/mol. The molecule has 0 saturated heterocycles. The topological polar surface area (TPSA) is 149 Å². The molecule has 4 N–H and O–H groups in total. The standard InChI is InChI=1S/C12H12.C11H11N.C10H10N2.4C10H11N.2C10H10S.2C9H10N2.2C4H9N3/c1-9-6-7-11-5-3-4-10(2)12(11)8-9;1-8-3-4-11-10(7-8)9(2)5-6-12-11;1-7-3-4-10-9(5-7)8(2)11-6-12-10;2*1-8-7-11(2)10-6-4-3-5-9(8)10;2*1-8-7-9-5-3-4-6-10(9)11(8)2;2*1-7-8(2)11-10-6-4-3-5-9(7)10;2*1-7-10-8-5-3-4-6-9(8)11(7)2;2*1-4-3-7(2)6-5-4/h3-8H,1-2H3;3-7H,1-2H3;3-6H,1-2H3;4*3-7H,1-2H3;4*3-6H,1-2H3;2*3,5-6H,1-2H3. The normalized spacial score (nSPS) is 11.5. The number of thiophene rings is 2. The van der Waals surface area contributed by atoms with E-state index in [1.807, 2.05) is 163 Å². The zero-order chi connectivity index (χ0) is 99.0. The van der Waals surface area contributed by atoms with Gasteiger partial charge < -0.3 is 38.3 Å². The number of pyridine rings is 1. The van der Waals surface area contributed by atoms with Crippen molar-refractivity contribution < 1.29 is 0 Å². The number of aryl methyl sites for hydroxylation is 22.